The molecule has 3 aliphatic heterocycles. The van der Waals surface area contributed by atoms with E-state index in [0.29, 0.717) is 49.5 Å². The van der Waals surface area contributed by atoms with Gasteiger partial charge >= 0.3 is 0 Å². The number of nitrogens with zero attached hydrogens (tertiary/aromatic N) is 4. The normalized spacial score (nSPS) is 20.0. The molecule has 0 spiro atoms. The number of piperidine rings is 1. The standard InChI is InChI=1S/C37H45N5O5/c1-3-45-22-21-42-32-12-8-7-11-31(32)39-36(42)38-30-13-17-40(18-14-30)19-15-37(29-9-5-4-6-10-29)16-20-41(26-37)35(43)27-23-28-25-46-47-34(28)33(24-27)44-2/h4-12,23-24,30H,3,13-22,25-26H2,1-2H3,(H,38,39). The van der Waals surface area contributed by atoms with Crippen molar-refractivity contribution in [3.05, 3.63) is 83.4 Å². The first-order valence-corrected chi connectivity index (χ1v) is 16.9. The van der Waals surface area contributed by atoms with Gasteiger partial charge in [-0.1, -0.05) is 42.5 Å². The Bertz CT molecular complexity index is 1690. The van der Waals surface area contributed by atoms with Crippen LogP contribution >= 0.6 is 0 Å². The third-order valence-corrected chi connectivity index (χ3v) is 10.1. The first kappa shape index (κ1) is 31.5. The predicted octanol–water partition coefficient (Wildman–Crippen LogP) is 5.66. The molecule has 1 N–H and O–H groups in total. The number of carbonyl (C=O) groups is 1. The third kappa shape index (κ3) is 6.54. The Morgan fingerprint density at radius 1 is 1.04 bits per heavy atom. The Morgan fingerprint density at radius 2 is 1.85 bits per heavy atom. The topological polar surface area (TPSA) is 90.3 Å². The largest absolute Gasteiger partial charge is 0.493 e. The first-order valence-electron chi connectivity index (χ1n) is 16.9. The molecule has 4 heterocycles. The van der Waals surface area contributed by atoms with Gasteiger partial charge in [0.1, 0.15) is 6.61 Å². The number of imidazole rings is 1. The van der Waals surface area contributed by atoms with Crippen LogP contribution in [0.3, 0.4) is 0 Å². The van der Waals surface area contributed by atoms with Crippen LogP contribution in [-0.2, 0) is 28.2 Å². The molecule has 3 aliphatic rings. The van der Waals surface area contributed by atoms with Crippen LogP contribution in [0.15, 0.2) is 66.7 Å². The lowest BCUT2D eigenvalue weighted by Gasteiger charge is -2.36. The number of hydrogen-bond acceptors (Lipinski definition) is 8. The van der Waals surface area contributed by atoms with Crippen LogP contribution in [0.2, 0.25) is 0 Å². The molecule has 0 radical (unpaired) electrons. The number of methoxy groups -OCH3 is 1. The molecular weight excluding hydrogens is 594 g/mol. The lowest BCUT2D eigenvalue weighted by Crippen LogP contribution is -2.42. The van der Waals surface area contributed by atoms with E-state index in [-0.39, 0.29) is 11.3 Å². The smallest absolute Gasteiger partial charge is 0.254 e. The van der Waals surface area contributed by atoms with Crippen molar-refractivity contribution in [3.8, 4) is 11.5 Å². The average Bonchev–Trinajstić information content (AvgIpc) is 3.86. The lowest BCUT2D eigenvalue weighted by molar-refractivity contribution is -0.195. The van der Waals surface area contributed by atoms with Gasteiger partial charge in [-0.2, -0.15) is 4.89 Å². The summed E-state index contributed by atoms with van der Waals surface area (Å²) in [6, 6.07) is 23.1. The van der Waals surface area contributed by atoms with Crippen molar-refractivity contribution in [3.63, 3.8) is 0 Å². The molecule has 248 valence electrons. The molecule has 3 aromatic carbocycles. The van der Waals surface area contributed by atoms with Crippen molar-refractivity contribution in [2.24, 2.45) is 0 Å². The average molecular weight is 640 g/mol. The van der Waals surface area contributed by atoms with Gasteiger partial charge in [-0.05, 0) is 69.0 Å². The number of para-hydroxylation sites is 2. The van der Waals surface area contributed by atoms with E-state index in [1.165, 1.54) is 5.56 Å². The molecule has 1 unspecified atom stereocenters. The molecule has 1 amide bonds. The maximum Gasteiger partial charge on any atom is 0.254 e. The second-order valence-corrected chi connectivity index (χ2v) is 12.9. The van der Waals surface area contributed by atoms with Crippen LogP contribution in [0.4, 0.5) is 5.95 Å². The zero-order valence-corrected chi connectivity index (χ0v) is 27.5. The molecule has 0 saturated carbocycles. The molecule has 47 heavy (non-hydrogen) atoms. The Kier molecular flexibility index (Phi) is 9.33. The molecular formula is C37H45N5O5. The van der Waals surface area contributed by atoms with Crippen LogP contribution in [0.5, 0.6) is 11.5 Å². The molecule has 4 aromatic rings. The number of likely N-dealkylation sites (tertiary alicyclic amines) is 2. The van der Waals surface area contributed by atoms with E-state index in [2.05, 4.69) is 63.3 Å². The van der Waals surface area contributed by atoms with Crippen LogP contribution in [0.1, 0.15) is 54.1 Å². The number of fused-ring (bicyclic) bond motifs is 2. The molecule has 0 aliphatic carbocycles. The third-order valence-electron chi connectivity index (χ3n) is 10.1. The Hall–Kier alpha value is -4.12. The van der Waals surface area contributed by atoms with Gasteiger partial charge in [0, 0.05) is 61.9 Å². The minimum Gasteiger partial charge on any atom is -0.493 e. The highest BCUT2D eigenvalue weighted by Gasteiger charge is 2.42. The van der Waals surface area contributed by atoms with Gasteiger partial charge in [-0.25, -0.2) is 4.98 Å². The predicted molar refractivity (Wildman–Crippen MR) is 181 cm³/mol. The van der Waals surface area contributed by atoms with Gasteiger partial charge in [0.15, 0.2) is 5.75 Å². The maximum absolute atomic E-state index is 13.8. The summed E-state index contributed by atoms with van der Waals surface area (Å²) in [6.45, 7) is 8.96. The summed E-state index contributed by atoms with van der Waals surface area (Å²) in [5.41, 5.74) is 4.82. The first-order chi connectivity index (χ1) is 23.1. The number of anilines is 1. The number of benzene rings is 3. The van der Waals surface area contributed by atoms with E-state index in [1.807, 2.05) is 24.0 Å². The zero-order chi connectivity index (χ0) is 32.2. The van der Waals surface area contributed by atoms with Crippen LogP contribution in [0, 0.1) is 0 Å². The molecule has 7 rings (SSSR count). The number of rotatable bonds is 12. The molecule has 1 atom stereocenters. The summed E-state index contributed by atoms with van der Waals surface area (Å²) in [7, 11) is 1.58. The fourth-order valence-corrected chi connectivity index (χ4v) is 7.46. The quantitative estimate of drug-likeness (QED) is 0.157. The summed E-state index contributed by atoms with van der Waals surface area (Å²) >= 11 is 0. The van der Waals surface area contributed by atoms with Crippen LogP contribution < -0.4 is 14.9 Å². The van der Waals surface area contributed by atoms with Crippen molar-refractivity contribution >= 4 is 22.9 Å². The number of nitrogens with one attached hydrogen (secondary N) is 1. The highest BCUT2D eigenvalue weighted by molar-refractivity contribution is 5.95. The zero-order valence-electron chi connectivity index (χ0n) is 27.5. The molecule has 0 bridgehead atoms. The lowest BCUT2D eigenvalue weighted by atomic mass is 9.76. The SMILES string of the molecule is CCOCCn1c(NC2CCN(CCC3(c4ccccc4)CCN(C(=O)c4cc5c(c(OC)c4)OOC5)C3)CC2)nc2ccccc21. The fourth-order valence-electron chi connectivity index (χ4n) is 7.46. The van der Waals surface area contributed by atoms with Gasteiger partial charge in [-0.15, -0.1) is 0 Å². The fraction of sp³-hybridized carbons (Fsp3) is 0.459. The molecule has 1 aromatic heterocycles. The Balaban J connectivity index is 0.997. The molecule has 10 nitrogen and oxygen atoms in total. The molecule has 10 heteroatoms. The number of carbonyl (C=O) groups excluding carboxylic acids is 1. The molecule has 2 saturated heterocycles. The molecule has 2 fully saturated rings. The van der Waals surface area contributed by atoms with Gasteiger partial charge in [-0.3, -0.25) is 4.79 Å². The van der Waals surface area contributed by atoms with E-state index in [4.69, 9.17) is 24.2 Å². The van der Waals surface area contributed by atoms with E-state index < -0.39 is 0 Å². The van der Waals surface area contributed by atoms with Gasteiger partial charge in [0.25, 0.3) is 5.91 Å². The van der Waals surface area contributed by atoms with Crippen molar-refractivity contribution in [2.75, 3.05) is 58.4 Å². The Morgan fingerprint density at radius 3 is 2.66 bits per heavy atom. The minimum atomic E-state index is -0.0928. The van der Waals surface area contributed by atoms with Crippen LogP contribution in [-0.4, -0.2) is 84.3 Å². The summed E-state index contributed by atoms with van der Waals surface area (Å²) in [4.78, 5) is 33.8. The summed E-state index contributed by atoms with van der Waals surface area (Å²) in [5.74, 6) is 2.04. The van der Waals surface area contributed by atoms with Gasteiger partial charge < -0.3 is 34.0 Å². The van der Waals surface area contributed by atoms with E-state index in [9.17, 15) is 4.79 Å². The summed E-state index contributed by atoms with van der Waals surface area (Å²) in [5, 5.41) is 3.78. The number of ether oxygens (including phenoxy) is 2. The van der Waals surface area contributed by atoms with Gasteiger partial charge in [0.05, 0.1) is 24.8 Å². The van der Waals surface area contributed by atoms with Crippen LogP contribution in [0.25, 0.3) is 11.0 Å². The van der Waals surface area contributed by atoms with E-state index >= 15 is 0 Å². The van der Waals surface area contributed by atoms with E-state index in [0.717, 1.165) is 81.0 Å². The highest BCUT2D eigenvalue weighted by Crippen LogP contribution is 2.41. The summed E-state index contributed by atoms with van der Waals surface area (Å²) in [6.07, 6.45) is 4.06. The highest BCUT2D eigenvalue weighted by atomic mass is 17.2. The summed E-state index contributed by atoms with van der Waals surface area (Å²) < 4.78 is 13.4. The number of amides is 1. The van der Waals surface area contributed by atoms with Crippen molar-refractivity contribution < 1.29 is 24.0 Å². The van der Waals surface area contributed by atoms with Crippen molar-refractivity contribution in [1.82, 2.24) is 19.4 Å². The second kappa shape index (κ2) is 13.9. The number of aromatic nitrogens is 2. The monoisotopic (exact) mass is 639 g/mol. The van der Waals surface area contributed by atoms with E-state index in [1.54, 1.807) is 13.2 Å². The van der Waals surface area contributed by atoms with Gasteiger partial charge in [0.2, 0.25) is 11.7 Å². The van der Waals surface area contributed by atoms with Crippen molar-refractivity contribution in [2.45, 2.75) is 57.2 Å². The Labute approximate surface area is 276 Å². The maximum atomic E-state index is 13.8. The number of hydrogen-bond donors (Lipinski definition) is 1. The van der Waals surface area contributed by atoms with Crippen molar-refractivity contribution in [1.29, 1.82) is 0 Å². The second-order valence-electron chi connectivity index (χ2n) is 12.9. The minimum absolute atomic E-state index is 0.0231.